The van der Waals surface area contributed by atoms with Crippen LogP contribution in [0.2, 0.25) is 0 Å². The maximum absolute atomic E-state index is 11.4. The first kappa shape index (κ1) is 13.6. The van der Waals surface area contributed by atoms with Crippen molar-refractivity contribution in [3.05, 3.63) is 29.8 Å². The van der Waals surface area contributed by atoms with Crippen LogP contribution < -0.4 is 0 Å². The molecule has 0 radical (unpaired) electrons. The molecule has 3 nitrogen and oxygen atoms in total. The quantitative estimate of drug-likeness (QED) is 0.843. The predicted octanol–water partition coefficient (Wildman–Crippen LogP) is 2.32. The Hall–Kier alpha value is -0.870. The monoisotopic (exact) mass is 267 g/mol. The molecule has 0 N–H and O–H groups in total. The van der Waals surface area contributed by atoms with Crippen molar-refractivity contribution in [3.8, 4) is 0 Å². The van der Waals surface area contributed by atoms with E-state index in [9.17, 15) is 8.42 Å². The molecule has 4 heteroatoms. The first-order valence-corrected chi connectivity index (χ1v) is 8.35. The molecule has 1 aliphatic heterocycles. The van der Waals surface area contributed by atoms with E-state index in [-0.39, 0.29) is 0 Å². The Balaban J connectivity index is 1.98. The fourth-order valence-corrected chi connectivity index (χ4v) is 2.95. The summed E-state index contributed by atoms with van der Waals surface area (Å²) in [6.07, 6.45) is 3.77. The second kappa shape index (κ2) is 5.41. The summed E-state index contributed by atoms with van der Waals surface area (Å²) in [6, 6.07) is 7.26. The highest BCUT2D eigenvalue weighted by atomic mass is 32.2. The van der Waals surface area contributed by atoms with E-state index in [2.05, 4.69) is 11.8 Å². The van der Waals surface area contributed by atoms with E-state index < -0.39 is 9.84 Å². The van der Waals surface area contributed by atoms with Gasteiger partial charge in [0.25, 0.3) is 0 Å². The summed E-state index contributed by atoms with van der Waals surface area (Å²) < 4.78 is 22.7. The minimum absolute atomic E-state index is 0.401. The van der Waals surface area contributed by atoms with E-state index in [1.54, 1.807) is 12.1 Å². The van der Waals surface area contributed by atoms with Gasteiger partial charge in [-0.3, -0.25) is 4.90 Å². The minimum Gasteiger partial charge on any atom is -0.299 e. The zero-order chi connectivity index (χ0) is 13.2. The minimum atomic E-state index is -3.07. The topological polar surface area (TPSA) is 37.4 Å². The highest BCUT2D eigenvalue weighted by molar-refractivity contribution is 7.90. The molecule has 2 rings (SSSR count). The molecule has 0 spiro atoms. The van der Waals surface area contributed by atoms with Gasteiger partial charge in [-0.1, -0.05) is 19.1 Å². The van der Waals surface area contributed by atoms with E-state index in [4.69, 9.17) is 0 Å². The van der Waals surface area contributed by atoms with Crippen LogP contribution in [0.5, 0.6) is 0 Å². The summed E-state index contributed by atoms with van der Waals surface area (Å²) in [4.78, 5) is 2.84. The van der Waals surface area contributed by atoms with Gasteiger partial charge < -0.3 is 0 Å². The summed E-state index contributed by atoms with van der Waals surface area (Å²) >= 11 is 0. The summed E-state index contributed by atoms with van der Waals surface area (Å²) in [5, 5.41) is 0. The molecule has 0 amide bonds. The number of benzene rings is 1. The van der Waals surface area contributed by atoms with Crippen LogP contribution in [0.1, 0.15) is 25.3 Å². The third-order valence-corrected chi connectivity index (χ3v) is 4.76. The van der Waals surface area contributed by atoms with Crippen LogP contribution in [-0.4, -0.2) is 32.7 Å². The summed E-state index contributed by atoms with van der Waals surface area (Å²) in [6.45, 7) is 5.53. The maximum Gasteiger partial charge on any atom is 0.175 e. The lowest BCUT2D eigenvalue weighted by molar-refractivity contribution is 0.185. The van der Waals surface area contributed by atoms with Crippen molar-refractivity contribution in [1.29, 1.82) is 0 Å². The number of piperidine rings is 1. The second-order valence-corrected chi connectivity index (χ2v) is 7.39. The average Bonchev–Trinajstić information content (AvgIpc) is 2.32. The molecule has 0 saturated carbocycles. The summed E-state index contributed by atoms with van der Waals surface area (Å²) in [5.41, 5.74) is 1.19. The number of rotatable bonds is 3. The highest BCUT2D eigenvalue weighted by Crippen LogP contribution is 2.18. The van der Waals surface area contributed by atoms with E-state index in [1.807, 2.05) is 12.1 Å². The smallest absolute Gasteiger partial charge is 0.175 e. The van der Waals surface area contributed by atoms with Crippen LogP contribution in [0.25, 0.3) is 0 Å². The van der Waals surface area contributed by atoms with E-state index in [0.717, 1.165) is 25.6 Å². The van der Waals surface area contributed by atoms with Crippen LogP contribution in [0.15, 0.2) is 29.2 Å². The third-order valence-electron chi connectivity index (χ3n) is 3.63. The van der Waals surface area contributed by atoms with Gasteiger partial charge in [-0.25, -0.2) is 8.42 Å². The van der Waals surface area contributed by atoms with Gasteiger partial charge in [-0.05, 0) is 49.5 Å². The van der Waals surface area contributed by atoms with Crippen LogP contribution in [0, 0.1) is 5.92 Å². The molecule has 0 atom stereocenters. The Morgan fingerprint density at radius 3 is 2.22 bits per heavy atom. The van der Waals surface area contributed by atoms with E-state index in [0.29, 0.717) is 4.90 Å². The molecule has 1 heterocycles. The zero-order valence-corrected chi connectivity index (χ0v) is 11.9. The fourth-order valence-electron chi connectivity index (χ4n) is 2.32. The first-order valence-electron chi connectivity index (χ1n) is 6.46. The molecular formula is C14H21NO2S. The fraction of sp³-hybridized carbons (Fsp3) is 0.571. The molecule has 1 aromatic rings. The lowest BCUT2D eigenvalue weighted by atomic mass is 9.99. The number of nitrogens with zero attached hydrogens (tertiary/aromatic N) is 1. The Morgan fingerprint density at radius 1 is 1.17 bits per heavy atom. The Bertz CT molecular complexity index is 485. The molecule has 18 heavy (non-hydrogen) atoms. The van der Waals surface area contributed by atoms with Crippen molar-refractivity contribution in [1.82, 2.24) is 4.90 Å². The van der Waals surface area contributed by atoms with Gasteiger partial charge in [-0.2, -0.15) is 0 Å². The molecular weight excluding hydrogens is 246 g/mol. The SMILES string of the molecule is CC1CCN(Cc2ccc(S(C)(=O)=O)cc2)CC1. The van der Waals surface area contributed by atoms with E-state index in [1.165, 1.54) is 24.7 Å². The summed E-state index contributed by atoms with van der Waals surface area (Å²) in [7, 11) is -3.07. The Kier molecular flexibility index (Phi) is 4.07. The number of hydrogen-bond donors (Lipinski definition) is 0. The van der Waals surface area contributed by atoms with Gasteiger partial charge in [0.05, 0.1) is 4.90 Å². The maximum atomic E-state index is 11.4. The van der Waals surface area contributed by atoms with Gasteiger partial charge >= 0.3 is 0 Å². The van der Waals surface area contributed by atoms with Gasteiger partial charge in [-0.15, -0.1) is 0 Å². The first-order chi connectivity index (χ1) is 8.45. The average molecular weight is 267 g/mol. The van der Waals surface area contributed by atoms with Gasteiger partial charge in [0.2, 0.25) is 0 Å². The predicted molar refractivity (Wildman–Crippen MR) is 73.2 cm³/mol. The number of hydrogen-bond acceptors (Lipinski definition) is 3. The van der Waals surface area contributed by atoms with Crippen LogP contribution in [-0.2, 0) is 16.4 Å². The van der Waals surface area contributed by atoms with Gasteiger partial charge in [0.15, 0.2) is 9.84 Å². The normalized spacial score (nSPS) is 19.0. The van der Waals surface area contributed by atoms with Crippen molar-refractivity contribution in [2.45, 2.75) is 31.2 Å². The van der Waals surface area contributed by atoms with Crippen molar-refractivity contribution < 1.29 is 8.42 Å². The Morgan fingerprint density at radius 2 is 1.72 bits per heavy atom. The summed E-state index contributed by atoms with van der Waals surface area (Å²) in [5.74, 6) is 0.842. The molecule has 0 aliphatic carbocycles. The van der Waals surface area contributed by atoms with Crippen molar-refractivity contribution in [2.24, 2.45) is 5.92 Å². The van der Waals surface area contributed by atoms with Crippen molar-refractivity contribution in [3.63, 3.8) is 0 Å². The van der Waals surface area contributed by atoms with Crippen LogP contribution in [0.3, 0.4) is 0 Å². The van der Waals surface area contributed by atoms with Gasteiger partial charge in [0.1, 0.15) is 0 Å². The standard InChI is InChI=1S/C14H21NO2S/c1-12-7-9-15(10-8-12)11-13-3-5-14(6-4-13)18(2,16)17/h3-6,12H,7-11H2,1-2H3. The molecule has 0 aromatic heterocycles. The third kappa shape index (κ3) is 3.56. The molecule has 1 aliphatic rings. The zero-order valence-electron chi connectivity index (χ0n) is 11.1. The second-order valence-electron chi connectivity index (χ2n) is 5.37. The lowest BCUT2D eigenvalue weighted by Crippen LogP contribution is -2.32. The molecule has 0 unspecified atom stereocenters. The molecule has 1 saturated heterocycles. The number of sulfone groups is 1. The van der Waals surface area contributed by atoms with Gasteiger partial charge in [0, 0.05) is 12.8 Å². The van der Waals surface area contributed by atoms with Crippen molar-refractivity contribution in [2.75, 3.05) is 19.3 Å². The van der Waals surface area contributed by atoms with Crippen molar-refractivity contribution >= 4 is 9.84 Å². The van der Waals surface area contributed by atoms with Crippen LogP contribution >= 0.6 is 0 Å². The molecule has 0 bridgehead atoms. The highest BCUT2D eigenvalue weighted by Gasteiger charge is 2.15. The van der Waals surface area contributed by atoms with Crippen LogP contribution in [0.4, 0.5) is 0 Å². The largest absolute Gasteiger partial charge is 0.299 e. The lowest BCUT2D eigenvalue weighted by Gasteiger charge is -2.30. The Labute approximate surface area is 110 Å². The molecule has 100 valence electrons. The molecule has 1 fully saturated rings. The number of likely N-dealkylation sites (tertiary alicyclic amines) is 1. The van der Waals surface area contributed by atoms with E-state index >= 15 is 0 Å². The molecule has 1 aromatic carbocycles.